The molecule has 0 saturated heterocycles. The second-order valence-electron chi connectivity index (χ2n) is 4.35. The zero-order chi connectivity index (χ0) is 13.5. The van der Waals surface area contributed by atoms with E-state index >= 15 is 0 Å². The van der Waals surface area contributed by atoms with Crippen molar-refractivity contribution in [3.63, 3.8) is 0 Å². The third-order valence-corrected chi connectivity index (χ3v) is 2.89. The number of ether oxygens (including phenoxy) is 1. The Morgan fingerprint density at radius 3 is 2.26 bits per heavy atom. The molecule has 19 heavy (non-hydrogen) atoms. The summed E-state index contributed by atoms with van der Waals surface area (Å²) in [6, 6.07) is 17.4. The standard InChI is InChI=1S/C16H17NO2/c17-16(18)15-8-6-13(7-9-15)10-11-19-12-14-4-2-1-3-5-14/h1-9H,10-12H2,(H2,17,18). The first-order valence-corrected chi connectivity index (χ1v) is 6.26. The first kappa shape index (κ1) is 13.3. The Bertz CT molecular complexity index is 520. The van der Waals surface area contributed by atoms with Gasteiger partial charge in [-0.1, -0.05) is 42.5 Å². The van der Waals surface area contributed by atoms with Gasteiger partial charge in [0.1, 0.15) is 0 Å². The highest BCUT2D eigenvalue weighted by Crippen LogP contribution is 2.06. The first-order chi connectivity index (χ1) is 9.25. The lowest BCUT2D eigenvalue weighted by Gasteiger charge is -2.05. The van der Waals surface area contributed by atoms with Gasteiger partial charge in [0, 0.05) is 5.56 Å². The van der Waals surface area contributed by atoms with Crippen LogP contribution in [-0.2, 0) is 17.8 Å². The highest BCUT2D eigenvalue weighted by atomic mass is 16.5. The summed E-state index contributed by atoms with van der Waals surface area (Å²) in [6.07, 6.45) is 0.825. The Labute approximate surface area is 113 Å². The summed E-state index contributed by atoms with van der Waals surface area (Å²) < 4.78 is 5.61. The van der Waals surface area contributed by atoms with Crippen molar-refractivity contribution in [1.29, 1.82) is 0 Å². The lowest BCUT2D eigenvalue weighted by Crippen LogP contribution is -2.10. The number of carbonyl (C=O) groups excluding carboxylic acids is 1. The van der Waals surface area contributed by atoms with Crippen LogP contribution in [0.1, 0.15) is 21.5 Å². The molecule has 0 spiro atoms. The number of amides is 1. The van der Waals surface area contributed by atoms with Crippen LogP contribution in [0.25, 0.3) is 0 Å². The van der Waals surface area contributed by atoms with Crippen LogP contribution < -0.4 is 5.73 Å². The van der Waals surface area contributed by atoms with Crippen LogP contribution in [0.5, 0.6) is 0 Å². The van der Waals surface area contributed by atoms with Crippen molar-refractivity contribution >= 4 is 5.91 Å². The fourth-order valence-corrected chi connectivity index (χ4v) is 1.79. The second kappa shape index (κ2) is 6.71. The molecule has 0 unspecified atom stereocenters. The molecule has 2 aromatic carbocycles. The molecule has 2 rings (SSSR count). The molecule has 2 N–H and O–H groups in total. The number of nitrogens with two attached hydrogens (primary N) is 1. The topological polar surface area (TPSA) is 52.3 Å². The van der Waals surface area contributed by atoms with Gasteiger partial charge in [-0.2, -0.15) is 0 Å². The first-order valence-electron chi connectivity index (χ1n) is 6.26. The van der Waals surface area contributed by atoms with E-state index < -0.39 is 5.91 Å². The van der Waals surface area contributed by atoms with E-state index in [2.05, 4.69) is 0 Å². The minimum absolute atomic E-state index is 0.396. The van der Waals surface area contributed by atoms with Crippen LogP contribution in [0.4, 0.5) is 0 Å². The number of benzene rings is 2. The van der Waals surface area contributed by atoms with Crippen LogP contribution >= 0.6 is 0 Å². The van der Waals surface area contributed by atoms with Crippen molar-refractivity contribution in [3.05, 3.63) is 71.3 Å². The quantitative estimate of drug-likeness (QED) is 0.806. The second-order valence-corrected chi connectivity index (χ2v) is 4.35. The van der Waals surface area contributed by atoms with Gasteiger partial charge in [-0.25, -0.2) is 0 Å². The summed E-state index contributed by atoms with van der Waals surface area (Å²) >= 11 is 0. The fourth-order valence-electron chi connectivity index (χ4n) is 1.79. The molecule has 0 aliphatic heterocycles. The van der Waals surface area contributed by atoms with Crippen molar-refractivity contribution in [2.45, 2.75) is 13.0 Å². The van der Waals surface area contributed by atoms with Crippen molar-refractivity contribution in [2.75, 3.05) is 6.61 Å². The summed E-state index contributed by atoms with van der Waals surface area (Å²) in [6.45, 7) is 1.28. The van der Waals surface area contributed by atoms with Crippen molar-refractivity contribution < 1.29 is 9.53 Å². The predicted molar refractivity (Wildman–Crippen MR) is 74.8 cm³/mol. The lowest BCUT2D eigenvalue weighted by molar-refractivity contribution is 0.100. The Balaban J connectivity index is 1.75. The van der Waals surface area contributed by atoms with Crippen molar-refractivity contribution in [3.8, 4) is 0 Å². The molecule has 0 aliphatic rings. The van der Waals surface area contributed by atoms with Crippen molar-refractivity contribution in [1.82, 2.24) is 0 Å². The minimum Gasteiger partial charge on any atom is -0.376 e. The smallest absolute Gasteiger partial charge is 0.248 e. The van der Waals surface area contributed by atoms with E-state index in [4.69, 9.17) is 10.5 Å². The highest BCUT2D eigenvalue weighted by Gasteiger charge is 2.00. The maximum atomic E-state index is 10.9. The van der Waals surface area contributed by atoms with E-state index in [0.717, 1.165) is 12.0 Å². The molecule has 0 fully saturated rings. The summed E-state index contributed by atoms with van der Waals surface area (Å²) in [5.41, 5.74) is 8.03. The third kappa shape index (κ3) is 4.23. The van der Waals surface area contributed by atoms with E-state index in [1.807, 2.05) is 42.5 Å². The summed E-state index contributed by atoms with van der Waals surface area (Å²) in [4.78, 5) is 10.9. The molecule has 0 atom stereocenters. The largest absolute Gasteiger partial charge is 0.376 e. The van der Waals surface area contributed by atoms with E-state index in [-0.39, 0.29) is 0 Å². The molecule has 0 bridgehead atoms. The third-order valence-electron chi connectivity index (χ3n) is 2.89. The number of rotatable bonds is 6. The van der Waals surface area contributed by atoms with Gasteiger partial charge in [0.15, 0.2) is 0 Å². The van der Waals surface area contributed by atoms with E-state index in [0.29, 0.717) is 18.8 Å². The molecule has 3 heteroatoms. The fraction of sp³-hybridized carbons (Fsp3) is 0.188. The maximum absolute atomic E-state index is 10.9. The monoisotopic (exact) mass is 255 g/mol. The molecule has 0 aliphatic carbocycles. The molecule has 3 nitrogen and oxygen atoms in total. The number of hydrogen-bond acceptors (Lipinski definition) is 2. The SMILES string of the molecule is NC(=O)c1ccc(CCOCc2ccccc2)cc1. The molecular formula is C16H17NO2. The Morgan fingerprint density at radius 1 is 0.947 bits per heavy atom. The number of hydrogen-bond donors (Lipinski definition) is 1. The molecule has 0 radical (unpaired) electrons. The van der Waals surface area contributed by atoms with Crippen LogP contribution in [0, 0.1) is 0 Å². The molecule has 1 amide bonds. The van der Waals surface area contributed by atoms with Gasteiger partial charge >= 0.3 is 0 Å². The predicted octanol–water partition coefficient (Wildman–Crippen LogP) is 2.54. The average molecular weight is 255 g/mol. The van der Waals surface area contributed by atoms with Crippen LogP contribution in [-0.4, -0.2) is 12.5 Å². The zero-order valence-electron chi connectivity index (χ0n) is 10.7. The van der Waals surface area contributed by atoms with E-state index in [1.54, 1.807) is 12.1 Å². The Kier molecular flexibility index (Phi) is 4.70. The van der Waals surface area contributed by atoms with Crippen LogP contribution in [0.3, 0.4) is 0 Å². The molecule has 0 saturated carbocycles. The zero-order valence-corrected chi connectivity index (χ0v) is 10.7. The average Bonchev–Trinajstić information content (AvgIpc) is 2.45. The van der Waals surface area contributed by atoms with Gasteiger partial charge < -0.3 is 10.5 Å². The Morgan fingerprint density at radius 2 is 1.63 bits per heavy atom. The molecule has 0 heterocycles. The van der Waals surface area contributed by atoms with Gasteiger partial charge in [-0.3, -0.25) is 4.79 Å². The summed E-state index contributed by atoms with van der Waals surface area (Å²) in [7, 11) is 0. The van der Waals surface area contributed by atoms with E-state index in [9.17, 15) is 4.79 Å². The van der Waals surface area contributed by atoms with Crippen LogP contribution in [0.15, 0.2) is 54.6 Å². The summed E-state index contributed by atoms with van der Waals surface area (Å²) in [5, 5.41) is 0. The molecule has 2 aromatic rings. The minimum atomic E-state index is -0.396. The normalized spacial score (nSPS) is 10.3. The molecular weight excluding hydrogens is 238 g/mol. The van der Waals surface area contributed by atoms with Gasteiger partial charge in [-0.05, 0) is 29.7 Å². The summed E-state index contributed by atoms with van der Waals surface area (Å²) in [5.74, 6) is -0.396. The van der Waals surface area contributed by atoms with Crippen LogP contribution in [0.2, 0.25) is 0 Å². The number of carbonyl (C=O) groups is 1. The van der Waals surface area contributed by atoms with Gasteiger partial charge in [0.05, 0.1) is 13.2 Å². The highest BCUT2D eigenvalue weighted by molar-refractivity contribution is 5.92. The molecule has 98 valence electrons. The van der Waals surface area contributed by atoms with Gasteiger partial charge in [0.2, 0.25) is 5.91 Å². The maximum Gasteiger partial charge on any atom is 0.248 e. The molecule has 0 aromatic heterocycles. The lowest BCUT2D eigenvalue weighted by atomic mass is 10.1. The van der Waals surface area contributed by atoms with E-state index in [1.165, 1.54) is 5.56 Å². The van der Waals surface area contributed by atoms with Gasteiger partial charge in [0.25, 0.3) is 0 Å². The van der Waals surface area contributed by atoms with Gasteiger partial charge in [-0.15, -0.1) is 0 Å². The Hall–Kier alpha value is -2.13. The number of primary amides is 1. The van der Waals surface area contributed by atoms with Crippen molar-refractivity contribution in [2.24, 2.45) is 5.73 Å².